The molecule has 90 valence electrons. The highest BCUT2D eigenvalue weighted by Gasteiger charge is 2.08. The number of carbonyl (C=O) groups is 1. The Labute approximate surface area is 108 Å². The largest absolute Gasteiger partial charge is 0.350 e. The first kappa shape index (κ1) is 12.2. The zero-order valence-electron chi connectivity index (χ0n) is 9.69. The molecule has 4 nitrogen and oxygen atoms in total. The Kier molecular flexibility index (Phi) is 3.86. The minimum Gasteiger partial charge on any atom is -0.350 e. The van der Waals surface area contributed by atoms with E-state index in [4.69, 9.17) is 0 Å². The van der Waals surface area contributed by atoms with Crippen molar-refractivity contribution in [3.63, 3.8) is 0 Å². The Bertz CT molecular complexity index is 518. The van der Waals surface area contributed by atoms with Gasteiger partial charge in [-0.2, -0.15) is 0 Å². The van der Waals surface area contributed by atoms with Gasteiger partial charge in [-0.05, 0) is 13.8 Å². The summed E-state index contributed by atoms with van der Waals surface area (Å²) in [5.41, 5.74) is 1.53. The van der Waals surface area contributed by atoms with Crippen LogP contribution in [0.5, 0.6) is 0 Å². The second kappa shape index (κ2) is 5.37. The number of amides is 1. The van der Waals surface area contributed by atoms with Crippen LogP contribution in [0.15, 0.2) is 10.8 Å². The average Bonchev–Trinajstić information content (AvgIpc) is 2.88. The summed E-state index contributed by atoms with van der Waals surface area (Å²) >= 11 is 3.11. The van der Waals surface area contributed by atoms with E-state index in [-0.39, 0.29) is 5.91 Å². The van der Waals surface area contributed by atoms with Crippen LogP contribution in [0.2, 0.25) is 0 Å². The lowest BCUT2D eigenvalue weighted by atomic mass is 10.3. The minimum absolute atomic E-state index is 0.110. The fourth-order valence-corrected chi connectivity index (χ4v) is 2.63. The van der Waals surface area contributed by atoms with E-state index >= 15 is 0 Å². The summed E-state index contributed by atoms with van der Waals surface area (Å²) in [4.78, 5) is 20.1. The quantitative estimate of drug-likeness (QED) is 0.924. The highest BCUT2D eigenvalue weighted by molar-refractivity contribution is 7.09. The lowest BCUT2D eigenvalue weighted by molar-refractivity contribution is 0.0949. The first-order chi connectivity index (χ1) is 8.15. The summed E-state index contributed by atoms with van der Waals surface area (Å²) in [5.74, 6) is -0.110. The van der Waals surface area contributed by atoms with Gasteiger partial charge in [0.15, 0.2) is 0 Å². The maximum Gasteiger partial charge on any atom is 0.270 e. The molecule has 0 unspecified atom stereocenters. The van der Waals surface area contributed by atoms with Gasteiger partial charge in [0.05, 0.1) is 15.7 Å². The standard InChI is InChI=1S/C11H13N3OS2/c1-7-13-9(5-16-7)3-4-12-11(15)10-6-17-8(2)14-10/h5-6H,3-4H2,1-2H3,(H,12,15). The van der Waals surface area contributed by atoms with Crippen molar-refractivity contribution >= 4 is 28.6 Å². The Hall–Kier alpha value is -1.27. The van der Waals surface area contributed by atoms with Crippen molar-refractivity contribution in [3.8, 4) is 0 Å². The molecule has 0 aliphatic heterocycles. The molecule has 0 fully saturated rings. The van der Waals surface area contributed by atoms with Crippen molar-refractivity contribution in [1.82, 2.24) is 15.3 Å². The Balaban J connectivity index is 1.81. The van der Waals surface area contributed by atoms with Gasteiger partial charge in [0.1, 0.15) is 5.69 Å². The van der Waals surface area contributed by atoms with Crippen molar-refractivity contribution in [2.24, 2.45) is 0 Å². The summed E-state index contributed by atoms with van der Waals surface area (Å²) < 4.78 is 0. The molecule has 0 saturated heterocycles. The molecule has 0 atom stereocenters. The smallest absolute Gasteiger partial charge is 0.270 e. The average molecular weight is 267 g/mol. The van der Waals surface area contributed by atoms with Gasteiger partial charge >= 0.3 is 0 Å². The summed E-state index contributed by atoms with van der Waals surface area (Å²) in [6, 6.07) is 0. The van der Waals surface area contributed by atoms with Gasteiger partial charge in [-0.3, -0.25) is 4.79 Å². The SMILES string of the molecule is Cc1nc(CCNC(=O)c2csc(C)n2)cs1. The van der Waals surface area contributed by atoms with Crippen LogP contribution in [0.25, 0.3) is 0 Å². The lowest BCUT2D eigenvalue weighted by Crippen LogP contribution is -2.26. The third-order valence-corrected chi connectivity index (χ3v) is 3.78. The van der Waals surface area contributed by atoms with Crippen molar-refractivity contribution in [2.45, 2.75) is 20.3 Å². The molecule has 0 aliphatic rings. The van der Waals surface area contributed by atoms with Crippen LogP contribution >= 0.6 is 22.7 Å². The molecule has 0 saturated carbocycles. The fraction of sp³-hybridized carbons (Fsp3) is 0.364. The van der Waals surface area contributed by atoms with Crippen molar-refractivity contribution in [3.05, 3.63) is 32.2 Å². The molecule has 0 radical (unpaired) electrons. The molecule has 6 heteroatoms. The van der Waals surface area contributed by atoms with E-state index in [0.717, 1.165) is 22.1 Å². The van der Waals surface area contributed by atoms with Gasteiger partial charge in [-0.1, -0.05) is 0 Å². The number of hydrogen-bond acceptors (Lipinski definition) is 5. The Morgan fingerprint density at radius 3 is 2.53 bits per heavy atom. The maximum absolute atomic E-state index is 11.7. The summed E-state index contributed by atoms with van der Waals surface area (Å²) in [7, 11) is 0. The van der Waals surface area contributed by atoms with E-state index in [9.17, 15) is 4.79 Å². The molecule has 0 spiro atoms. The van der Waals surface area contributed by atoms with Gasteiger partial charge in [0.25, 0.3) is 5.91 Å². The lowest BCUT2D eigenvalue weighted by Gasteiger charge is -2.00. The molecular formula is C11H13N3OS2. The summed E-state index contributed by atoms with van der Waals surface area (Å²) in [5, 5.41) is 8.60. The van der Waals surface area contributed by atoms with Crippen LogP contribution in [0, 0.1) is 13.8 Å². The van der Waals surface area contributed by atoms with Crippen LogP contribution in [0.1, 0.15) is 26.2 Å². The highest BCUT2D eigenvalue weighted by Crippen LogP contribution is 2.09. The molecule has 0 aromatic carbocycles. The number of carbonyl (C=O) groups excluding carboxylic acids is 1. The molecule has 2 heterocycles. The van der Waals surface area contributed by atoms with Gasteiger partial charge in [0.2, 0.25) is 0 Å². The molecule has 0 aliphatic carbocycles. The number of rotatable bonds is 4. The number of nitrogens with zero attached hydrogens (tertiary/aromatic N) is 2. The second-order valence-corrected chi connectivity index (χ2v) is 5.74. The van der Waals surface area contributed by atoms with Gasteiger partial charge in [-0.15, -0.1) is 22.7 Å². The predicted molar refractivity (Wildman–Crippen MR) is 69.7 cm³/mol. The number of nitrogens with one attached hydrogen (secondary N) is 1. The number of hydrogen-bond donors (Lipinski definition) is 1. The number of aryl methyl sites for hydroxylation is 2. The summed E-state index contributed by atoms with van der Waals surface area (Å²) in [6.07, 6.45) is 0.763. The second-order valence-electron chi connectivity index (χ2n) is 3.62. The van der Waals surface area contributed by atoms with E-state index in [1.807, 2.05) is 19.2 Å². The monoisotopic (exact) mass is 267 g/mol. The van der Waals surface area contributed by atoms with E-state index in [0.29, 0.717) is 12.2 Å². The zero-order valence-corrected chi connectivity index (χ0v) is 11.3. The number of aromatic nitrogens is 2. The molecule has 2 aromatic rings. The first-order valence-electron chi connectivity index (χ1n) is 5.26. The normalized spacial score (nSPS) is 10.5. The van der Waals surface area contributed by atoms with Crippen LogP contribution in [-0.4, -0.2) is 22.4 Å². The predicted octanol–water partition coefficient (Wildman–Crippen LogP) is 2.19. The minimum atomic E-state index is -0.110. The first-order valence-corrected chi connectivity index (χ1v) is 7.02. The molecular weight excluding hydrogens is 254 g/mol. The van der Waals surface area contributed by atoms with E-state index in [2.05, 4.69) is 15.3 Å². The number of thiazole rings is 2. The third kappa shape index (κ3) is 3.34. The molecule has 1 amide bonds. The molecule has 2 rings (SSSR count). The van der Waals surface area contributed by atoms with Gasteiger partial charge in [-0.25, -0.2) is 9.97 Å². The Morgan fingerprint density at radius 2 is 1.94 bits per heavy atom. The van der Waals surface area contributed by atoms with Crippen LogP contribution in [-0.2, 0) is 6.42 Å². The highest BCUT2D eigenvalue weighted by atomic mass is 32.1. The van der Waals surface area contributed by atoms with Gasteiger partial charge < -0.3 is 5.32 Å². The van der Waals surface area contributed by atoms with E-state index in [1.165, 1.54) is 11.3 Å². The summed E-state index contributed by atoms with van der Waals surface area (Å²) in [6.45, 7) is 4.46. The fourth-order valence-electron chi connectivity index (χ4n) is 1.39. The van der Waals surface area contributed by atoms with Crippen LogP contribution in [0.3, 0.4) is 0 Å². The Morgan fingerprint density at radius 1 is 1.24 bits per heavy atom. The van der Waals surface area contributed by atoms with Crippen molar-refractivity contribution in [2.75, 3.05) is 6.54 Å². The third-order valence-electron chi connectivity index (χ3n) is 2.18. The zero-order chi connectivity index (χ0) is 12.3. The van der Waals surface area contributed by atoms with Crippen molar-refractivity contribution in [1.29, 1.82) is 0 Å². The molecule has 0 bridgehead atoms. The molecule has 2 aromatic heterocycles. The molecule has 17 heavy (non-hydrogen) atoms. The van der Waals surface area contributed by atoms with E-state index < -0.39 is 0 Å². The maximum atomic E-state index is 11.7. The van der Waals surface area contributed by atoms with Gasteiger partial charge in [0, 0.05) is 23.7 Å². The van der Waals surface area contributed by atoms with Crippen LogP contribution < -0.4 is 5.32 Å². The van der Waals surface area contributed by atoms with Crippen molar-refractivity contribution < 1.29 is 4.79 Å². The van der Waals surface area contributed by atoms with Crippen LogP contribution in [0.4, 0.5) is 0 Å². The topological polar surface area (TPSA) is 54.9 Å². The molecule has 1 N–H and O–H groups in total. The van der Waals surface area contributed by atoms with E-state index in [1.54, 1.807) is 16.7 Å².